The van der Waals surface area contributed by atoms with Crippen LogP contribution in [0.2, 0.25) is 0 Å². The highest BCUT2D eigenvalue weighted by Crippen LogP contribution is 2.10. The van der Waals surface area contributed by atoms with Gasteiger partial charge < -0.3 is 27.2 Å². The van der Waals surface area contributed by atoms with Crippen molar-refractivity contribution >= 4 is 17.8 Å². The number of unbranched alkanes of at least 4 members (excludes halogenated alkanes) is 1. The monoisotopic (exact) mass is 358 g/mol. The molecule has 0 aromatic carbocycles. The minimum atomic E-state index is -1.09. The van der Waals surface area contributed by atoms with E-state index < -0.39 is 35.9 Å². The van der Waals surface area contributed by atoms with Crippen molar-refractivity contribution in [1.82, 2.24) is 10.6 Å². The van der Waals surface area contributed by atoms with E-state index in [4.69, 9.17) is 11.5 Å². The second kappa shape index (κ2) is 11.8. The van der Waals surface area contributed by atoms with Gasteiger partial charge >= 0.3 is 5.97 Å². The van der Waals surface area contributed by atoms with Gasteiger partial charge in [-0.05, 0) is 37.6 Å². The average molecular weight is 358 g/mol. The predicted octanol–water partition coefficient (Wildman–Crippen LogP) is 0.199. The standard InChI is InChI=1S/C17H34N4O4/c1-5-11(4)14(17(24)25)21-15(22)12(8-6-7-9-18)20-16(23)13(19)10(2)3/h10-14H,5-9,18-19H2,1-4H3,(H,20,23)(H,21,22)(H,24,25)/t11-,12-,13-,14-/m0/s1. The zero-order valence-electron chi connectivity index (χ0n) is 15.7. The lowest BCUT2D eigenvalue weighted by molar-refractivity contribution is -0.143. The van der Waals surface area contributed by atoms with Gasteiger partial charge in [0.1, 0.15) is 12.1 Å². The second-order valence-corrected chi connectivity index (χ2v) is 6.83. The summed E-state index contributed by atoms with van der Waals surface area (Å²) in [6, 6.07) is -2.55. The van der Waals surface area contributed by atoms with Crippen LogP contribution in [0, 0.1) is 11.8 Å². The molecule has 146 valence electrons. The van der Waals surface area contributed by atoms with Gasteiger partial charge in [-0.15, -0.1) is 0 Å². The molecule has 0 saturated carbocycles. The molecule has 0 unspecified atom stereocenters. The molecule has 0 rings (SSSR count). The third-order valence-corrected chi connectivity index (χ3v) is 4.38. The molecule has 0 aromatic heterocycles. The van der Waals surface area contributed by atoms with Gasteiger partial charge in [0.25, 0.3) is 0 Å². The Morgan fingerprint density at radius 2 is 1.64 bits per heavy atom. The van der Waals surface area contributed by atoms with Crippen molar-refractivity contribution < 1.29 is 19.5 Å². The minimum absolute atomic E-state index is 0.0698. The Balaban J connectivity index is 5.07. The first kappa shape index (κ1) is 23.3. The van der Waals surface area contributed by atoms with E-state index in [-0.39, 0.29) is 11.8 Å². The van der Waals surface area contributed by atoms with E-state index in [2.05, 4.69) is 10.6 Å². The maximum Gasteiger partial charge on any atom is 0.326 e. The van der Waals surface area contributed by atoms with Crippen molar-refractivity contribution in [3.05, 3.63) is 0 Å². The number of aliphatic carboxylic acids is 1. The molecule has 0 fully saturated rings. The summed E-state index contributed by atoms with van der Waals surface area (Å²) < 4.78 is 0. The Hall–Kier alpha value is -1.67. The molecule has 2 amide bonds. The number of amides is 2. The Morgan fingerprint density at radius 3 is 2.08 bits per heavy atom. The molecule has 0 radical (unpaired) electrons. The van der Waals surface area contributed by atoms with Crippen LogP contribution in [-0.4, -0.2) is 47.6 Å². The van der Waals surface area contributed by atoms with Crippen molar-refractivity contribution in [1.29, 1.82) is 0 Å². The summed E-state index contributed by atoms with van der Waals surface area (Å²) in [6.45, 7) is 7.73. The number of nitrogens with two attached hydrogens (primary N) is 2. The van der Waals surface area contributed by atoms with Crippen molar-refractivity contribution in [3.63, 3.8) is 0 Å². The normalized spacial score (nSPS) is 16.0. The fourth-order valence-corrected chi connectivity index (χ4v) is 2.27. The van der Waals surface area contributed by atoms with Crippen LogP contribution < -0.4 is 22.1 Å². The fraction of sp³-hybridized carbons (Fsp3) is 0.824. The quantitative estimate of drug-likeness (QED) is 0.315. The molecule has 7 N–H and O–H groups in total. The zero-order valence-corrected chi connectivity index (χ0v) is 15.7. The van der Waals surface area contributed by atoms with Crippen molar-refractivity contribution in [2.45, 2.75) is 71.5 Å². The van der Waals surface area contributed by atoms with Gasteiger partial charge in [-0.1, -0.05) is 34.1 Å². The van der Waals surface area contributed by atoms with Gasteiger partial charge in [0.15, 0.2) is 0 Å². The second-order valence-electron chi connectivity index (χ2n) is 6.83. The zero-order chi connectivity index (χ0) is 19.6. The number of nitrogens with one attached hydrogen (secondary N) is 2. The van der Waals surface area contributed by atoms with E-state index in [1.807, 2.05) is 20.8 Å². The van der Waals surface area contributed by atoms with Crippen molar-refractivity contribution in [2.75, 3.05) is 6.54 Å². The number of carboxylic acid groups (broad SMARTS) is 1. The predicted molar refractivity (Wildman–Crippen MR) is 96.7 cm³/mol. The summed E-state index contributed by atoms with van der Waals surface area (Å²) >= 11 is 0. The van der Waals surface area contributed by atoms with Crippen LogP contribution in [0.4, 0.5) is 0 Å². The molecule has 8 heteroatoms. The fourth-order valence-electron chi connectivity index (χ4n) is 2.27. The molecule has 0 heterocycles. The molecule has 0 saturated heterocycles. The van der Waals surface area contributed by atoms with Crippen LogP contribution >= 0.6 is 0 Å². The van der Waals surface area contributed by atoms with Gasteiger partial charge in [-0.25, -0.2) is 4.79 Å². The largest absolute Gasteiger partial charge is 0.480 e. The van der Waals surface area contributed by atoms with E-state index in [1.54, 1.807) is 6.92 Å². The van der Waals surface area contributed by atoms with Gasteiger partial charge in [-0.3, -0.25) is 9.59 Å². The maximum atomic E-state index is 12.5. The topological polar surface area (TPSA) is 148 Å². The molecule has 0 spiro atoms. The number of carbonyl (C=O) groups is 3. The summed E-state index contributed by atoms with van der Waals surface area (Å²) in [4.78, 5) is 36.1. The summed E-state index contributed by atoms with van der Waals surface area (Å²) in [7, 11) is 0. The van der Waals surface area contributed by atoms with Crippen LogP contribution in [0.15, 0.2) is 0 Å². The lowest BCUT2D eigenvalue weighted by atomic mass is 9.98. The Labute approximate surface area is 150 Å². The highest BCUT2D eigenvalue weighted by atomic mass is 16.4. The number of hydrogen-bond acceptors (Lipinski definition) is 5. The first-order chi connectivity index (χ1) is 11.6. The number of carbonyl (C=O) groups excluding carboxylic acids is 2. The molecule has 25 heavy (non-hydrogen) atoms. The van der Waals surface area contributed by atoms with Crippen LogP contribution in [0.25, 0.3) is 0 Å². The number of rotatable bonds is 12. The van der Waals surface area contributed by atoms with Crippen LogP contribution in [0.1, 0.15) is 53.4 Å². The summed E-state index contributed by atoms with van der Waals surface area (Å²) in [5.74, 6) is -2.31. The lowest BCUT2D eigenvalue weighted by Crippen LogP contribution is -2.56. The van der Waals surface area contributed by atoms with E-state index in [0.29, 0.717) is 32.2 Å². The SMILES string of the molecule is CC[C@H](C)[C@H](NC(=O)[C@H](CCCCN)NC(=O)[C@@H](N)C(C)C)C(=O)O. The summed E-state index contributed by atoms with van der Waals surface area (Å²) in [6.07, 6.45) is 2.35. The Morgan fingerprint density at radius 1 is 1.04 bits per heavy atom. The van der Waals surface area contributed by atoms with Crippen LogP contribution in [0.5, 0.6) is 0 Å². The number of carboxylic acids is 1. The molecular weight excluding hydrogens is 324 g/mol. The summed E-state index contributed by atoms with van der Waals surface area (Å²) in [5.41, 5.74) is 11.3. The maximum absolute atomic E-state index is 12.5. The van der Waals surface area contributed by atoms with Gasteiger partial charge in [-0.2, -0.15) is 0 Å². The average Bonchev–Trinajstić information content (AvgIpc) is 2.56. The smallest absolute Gasteiger partial charge is 0.326 e. The number of hydrogen-bond donors (Lipinski definition) is 5. The Kier molecular flexibility index (Phi) is 11.0. The molecule has 4 atom stereocenters. The van der Waals surface area contributed by atoms with Gasteiger partial charge in [0, 0.05) is 0 Å². The van der Waals surface area contributed by atoms with E-state index in [9.17, 15) is 19.5 Å². The first-order valence-electron chi connectivity index (χ1n) is 8.94. The lowest BCUT2D eigenvalue weighted by Gasteiger charge is -2.25. The molecule has 0 bridgehead atoms. The highest BCUT2D eigenvalue weighted by molar-refractivity contribution is 5.91. The van der Waals surface area contributed by atoms with E-state index in [1.165, 1.54) is 0 Å². The van der Waals surface area contributed by atoms with Crippen molar-refractivity contribution in [3.8, 4) is 0 Å². The summed E-state index contributed by atoms with van der Waals surface area (Å²) in [5, 5.41) is 14.5. The first-order valence-corrected chi connectivity index (χ1v) is 8.94. The van der Waals surface area contributed by atoms with Gasteiger partial charge in [0.2, 0.25) is 11.8 Å². The molecule has 0 aliphatic heterocycles. The van der Waals surface area contributed by atoms with E-state index >= 15 is 0 Å². The third-order valence-electron chi connectivity index (χ3n) is 4.38. The molecule has 0 aliphatic rings. The van der Waals surface area contributed by atoms with Gasteiger partial charge in [0.05, 0.1) is 6.04 Å². The molecular formula is C17H34N4O4. The minimum Gasteiger partial charge on any atom is -0.480 e. The molecule has 0 aliphatic carbocycles. The third kappa shape index (κ3) is 8.31. The highest BCUT2D eigenvalue weighted by Gasteiger charge is 2.30. The van der Waals surface area contributed by atoms with Crippen LogP contribution in [-0.2, 0) is 14.4 Å². The molecule has 0 aromatic rings. The molecule has 8 nitrogen and oxygen atoms in total. The van der Waals surface area contributed by atoms with Crippen molar-refractivity contribution in [2.24, 2.45) is 23.3 Å². The van der Waals surface area contributed by atoms with E-state index in [0.717, 1.165) is 0 Å². The van der Waals surface area contributed by atoms with Crippen LogP contribution in [0.3, 0.4) is 0 Å². The Bertz CT molecular complexity index is 442.